The molecule has 0 spiro atoms. The summed E-state index contributed by atoms with van der Waals surface area (Å²) in [5, 5.41) is 2.97. The van der Waals surface area contributed by atoms with Crippen molar-refractivity contribution in [3.8, 4) is 0 Å². The van der Waals surface area contributed by atoms with Crippen molar-refractivity contribution in [1.29, 1.82) is 0 Å². The fraction of sp³-hybridized carbons (Fsp3) is 0.318. The summed E-state index contributed by atoms with van der Waals surface area (Å²) in [5.74, 6) is -0.110. The van der Waals surface area contributed by atoms with Gasteiger partial charge in [0.2, 0.25) is 5.91 Å². The van der Waals surface area contributed by atoms with Crippen molar-refractivity contribution in [3.63, 3.8) is 0 Å². The van der Waals surface area contributed by atoms with Crippen LogP contribution < -0.4 is 10.2 Å². The summed E-state index contributed by atoms with van der Waals surface area (Å²) in [4.78, 5) is 17.1. The van der Waals surface area contributed by atoms with E-state index in [4.69, 9.17) is 0 Å². The molecule has 0 aliphatic carbocycles. The molecular formula is C22H27N3O. The number of hydrogen-bond acceptors (Lipinski definition) is 3. The molecule has 4 heteroatoms. The van der Waals surface area contributed by atoms with Crippen LogP contribution in [0, 0.1) is 6.92 Å². The molecule has 2 aromatic rings. The van der Waals surface area contributed by atoms with Gasteiger partial charge in [-0.3, -0.25) is 4.79 Å². The smallest absolute Gasteiger partial charge is 0.248 e. The van der Waals surface area contributed by atoms with Crippen LogP contribution in [0.3, 0.4) is 0 Å². The summed E-state index contributed by atoms with van der Waals surface area (Å²) in [6.07, 6.45) is 3.40. The summed E-state index contributed by atoms with van der Waals surface area (Å²) in [7, 11) is 0. The van der Waals surface area contributed by atoms with Gasteiger partial charge in [-0.1, -0.05) is 37.3 Å². The molecule has 1 N–H and O–H groups in total. The average molecular weight is 349 g/mol. The number of nitrogens with zero attached hydrogens (tertiary/aromatic N) is 2. The lowest BCUT2D eigenvalue weighted by Crippen LogP contribution is -2.46. The second-order valence-electron chi connectivity index (χ2n) is 6.65. The SMILES string of the molecule is CCN1CCN(c2ccc(NC(=O)C=Cc3ccccc3)c(C)c2)CC1. The van der Waals surface area contributed by atoms with Gasteiger partial charge in [0.15, 0.2) is 0 Å². The number of benzene rings is 2. The monoisotopic (exact) mass is 349 g/mol. The molecule has 136 valence electrons. The minimum absolute atomic E-state index is 0.110. The van der Waals surface area contributed by atoms with Crippen molar-refractivity contribution in [2.45, 2.75) is 13.8 Å². The van der Waals surface area contributed by atoms with Gasteiger partial charge >= 0.3 is 0 Å². The Labute approximate surface area is 156 Å². The van der Waals surface area contributed by atoms with Gasteiger partial charge in [0.05, 0.1) is 0 Å². The van der Waals surface area contributed by atoms with E-state index in [9.17, 15) is 4.79 Å². The van der Waals surface area contributed by atoms with E-state index in [1.807, 2.05) is 49.4 Å². The molecule has 1 amide bonds. The predicted molar refractivity (Wildman–Crippen MR) is 110 cm³/mol. The van der Waals surface area contributed by atoms with E-state index in [1.54, 1.807) is 6.08 Å². The average Bonchev–Trinajstić information content (AvgIpc) is 2.69. The van der Waals surface area contributed by atoms with Crippen molar-refractivity contribution in [2.24, 2.45) is 0 Å². The highest BCUT2D eigenvalue weighted by Crippen LogP contribution is 2.23. The molecule has 0 bridgehead atoms. The van der Waals surface area contributed by atoms with Crippen LogP contribution in [-0.4, -0.2) is 43.5 Å². The zero-order valence-corrected chi connectivity index (χ0v) is 15.6. The van der Waals surface area contributed by atoms with Crippen LogP contribution in [0.1, 0.15) is 18.1 Å². The fourth-order valence-electron chi connectivity index (χ4n) is 3.22. The molecule has 1 fully saturated rings. The Morgan fingerprint density at radius 2 is 1.81 bits per heavy atom. The third-order valence-corrected chi connectivity index (χ3v) is 4.88. The first kappa shape index (κ1) is 18.2. The van der Waals surface area contributed by atoms with Gasteiger partial charge < -0.3 is 15.1 Å². The largest absolute Gasteiger partial charge is 0.369 e. The third kappa shape index (κ3) is 4.73. The van der Waals surface area contributed by atoms with Gasteiger partial charge in [-0.25, -0.2) is 0 Å². The third-order valence-electron chi connectivity index (χ3n) is 4.88. The quantitative estimate of drug-likeness (QED) is 0.834. The Morgan fingerprint density at radius 3 is 2.46 bits per heavy atom. The van der Waals surface area contributed by atoms with E-state index in [0.29, 0.717) is 0 Å². The number of carbonyl (C=O) groups excluding carboxylic acids is 1. The van der Waals surface area contributed by atoms with Crippen molar-refractivity contribution in [3.05, 3.63) is 65.7 Å². The molecule has 4 nitrogen and oxygen atoms in total. The van der Waals surface area contributed by atoms with Gasteiger partial charge in [-0.15, -0.1) is 0 Å². The Hall–Kier alpha value is -2.59. The normalized spacial score (nSPS) is 15.4. The molecule has 0 radical (unpaired) electrons. The molecule has 0 saturated carbocycles. The number of nitrogens with one attached hydrogen (secondary N) is 1. The molecule has 0 atom stereocenters. The van der Waals surface area contributed by atoms with E-state index < -0.39 is 0 Å². The fourth-order valence-corrected chi connectivity index (χ4v) is 3.22. The second kappa shape index (κ2) is 8.68. The molecule has 1 heterocycles. The predicted octanol–water partition coefficient (Wildman–Crippen LogP) is 3.79. The lowest BCUT2D eigenvalue weighted by Gasteiger charge is -2.35. The first-order valence-electron chi connectivity index (χ1n) is 9.28. The number of likely N-dealkylation sites (N-methyl/N-ethyl adjacent to an activating group) is 1. The Kier molecular flexibility index (Phi) is 6.08. The zero-order chi connectivity index (χ0) is 18.4. The Morgan fingerprint density at radius 1 is 1.08 bits per heavy atom. The highest BCUT2D eigenvalue weighted by molar-refractivity contribution is 6.02. The van der Waals surface area contributed by atoms with E-state index in [1.165, 1.54) is 5.69 Å². The summed E-state index contributed by atoms with van der Waals surface area (Å²) < 4.78 is 0. The molecular weight excluding hydrogens is 322 g/mol. The molecule has 2 aromatic carbocycles. The standard InChI is InChI=1S/C22H27N3O/c1-3-24-13-15-25(16-14-24)20-10-11-21(18(2)17-20)23-22(26)12-9-19-7-5-4-6-8-19/h4-12,17H,3,13-16H2,1-2H3,(H,23,26). The van der Waals surface area contributed by atoms with Crippen molar-refractivity contribution in [1.82, 2.24) is 4.90 Å². The molecule has 0 unspecified atom stereocenters. The topological polar surface area (TPSA) is 35.6 Å². The van der Waals surface area contributed by atoms with Crippen molar-refractivity contribution < 1.29 is 4.79 Å². The van der Waals surface area contributed by atoms with Crippen LogP contribution in [0.15, 0.2) is 54.6 Å². The van der Waals surface area contributed by atoms with Gasteiger partial charge in [0, 0.05) is 43.6 Å². The lowest BCUT2D eigenvalue weighted by molar-refractivity contribution is -0.111. The highest BCUT2D eigenvalue weighted by Gasteiger charge is 2.16. The summed E-state index contributed by atoms with van der Waals surface area (Å²) in [6.45, 7) is 9.70. The number of piperazine rings is 1. The molecule has 1 aliphatic heterocycles. The van der Waals surface area contributed by atoms with Gasteiger partial charge in [0.25, 0.3) is 0 Å². The zero-order valence-electron chi connectivity index (χ0n) is 15.6. The maximum Gasteiger partial charge on any atom is 0.248 e. The number of amides is 1. The summed E-state index contributed by atoms with van der Waals surface area (Å²) in [5.41, 5.74) is 4.20. The van der Waals surface area contributed by atoms with Gasteiger partial charge in [0.1, 0.15) is 0 Å². The lowest BCUT2D eigenvalue weighted by atomic mass is 10.1. The Balaban J connectivity index is 1.61. The van der Waals surface area contributed by atoms with Gasteiger partial charge in [-0.05, 0) is 48.9 Å². The van der Waals surface area contributed by atoms with E-state index in [0.717, 1.165) is 49.5 Å². The first-order valence-corrected chi connectivity index (χ1v) is 9.28. The number of carbonyl (C=O) groups is 1. The van der Waals surface area contributed by atoms with Crippen molar-refractivity contribution >= 4 is 23.4 Å². The van der Waals surface area contributed by atoms with Crippen LogP contribution in [0.25, 0.3) is 6.08 Å². The second-order valence-corrected chi connectivity index (χ2v) is 6.65. The highest BCUT2D eigenvalue weighted by atomic mass is 16.1. The maximum atomic E-state index is 12.2. The first-order chi connectivity index (χ1) is 12.7. The number of hydrogen-bond donors (Lipinski definition) is 1. The summed E-state index contributed by atoms with van der Waals surface area (Å²) >= 11 is 0. The number of aryl methyl sites for hydroxylation is 1. The van der Waals surface area contributed by atoms with Crippen LogP contribution in [0.4, 0.5) is 11.4 Å². The molecule has 1 aliphatic rings. The molecule has 3 rings (SSSR count). The number of anilines is 2. The summed E-state index contributed by atoms with van der Waals surface area (Å²) in [6, 6.07) is 16.1. The van der Waals surface area contributed by atoms with Gasteiger partial charge in [-0.2, -0.15) is 0 Å². The molecule has 0 aromatic heterocycles. The van der Waals surface area contributed by atoms with Crippen LogP contribution in [-0.2, 0) is 4.79 Å². The molecule has 26 heavy (non-hydrogen) atoms. The maximum absolute atomic E-state index is 12.2. The van der Waals surface area contributed by atoms with Crippen LogP contribution in [0.2, 0.25) is 0 Å². The van der Waals surface area contributed by atoms with E-state index in [-0.39, 0.29) is 5.91 Å². The number of rotatable bonds is 5. The van der Waals surface area contributed by atoms with Crippen LogP contribution in [0.5, 0.6) is 0 Å². The Bertz CT molecular complexity index is 762. The van der Waals surface area contributed by atoms with E-state index >= 15 is 0 Å². The van der Waals surface area contributed by atoms with Crippen LogP contribution >= 0.6 is 0 Å². The minimum Gasteiger partial charge on any atom is -0.369 e. The minimum atomic E-state index is -0.110. The van der Waals surface area contributed by atoms with Crippen molar-refractivity contribution in [2.75, 3.05) is 42.9 Å². The van der Waals surface area contributed by atoms with E-state index in [2.05, 4.69) is 34.2 Å². The molecule has 1 saturated heterocycles.